The Morgan fingerprint density at radius 2 is 2.14 bits per heavy atom. The van der Waals surface area contributed by atoms with Crippen LogP contribution in [-0.4, -0.2) is 17.9 Å². The maximum absolute atomic E-state index is 11.4. The first-order valence-electron chi connectivity index (χ1n) is 5.14. The van der Waals surface area contributed by atoms with Gasteiger partial charge in [0.05, 0.1) is 6.10 Å². The lowest BCUT2D eigenvalue weighted by Gasteiger charge is -2.36. The van der Waals surface area contributed by atoms with Crippen LogP contribution in [0.2, 0.25) is 0 Å². The Hall–Kier alpha value is -0.830. The summed E-state index contributed by atoms with van der Waals surface area (Å²) < 4.78 is 11.1. The molecule has 1 fully saturated rings. The molecule has 2 heterocycles. The van der Waals surface area contributed by atoms with Gasteiger partial charge < -0.3 is 9.47 Å². The van der Waals surface area contributed by atoms with E-state index in [9.17, 15) is 4.79 Å². The Labute approximate surface area is 84.1 Å². The fraction of sp³-hybridized carbons (Fsp3) is 0.727. The molecule has 0 aromatic carbocycles. The van der Waals surface area contributed by atoms with E-state index in [0.29, 0.717) is 5.57 Å². The highest BCUT2D eigenvalue weighted by Gasteiger charge is 2.47. The van der Waals surface area contributed by atoms with Gasteiger partial charge in [-0.1, -0.05) is 0 Å². The fourth-order valence-corrected chi connectivity index (χ4v) is 2.16. The average molecular weight is 196 g/mol. The van der Waals surface area contributed by atoms with Crippen LogP contribution in [0.3, 0.4) is 0 Å². The lowest BCUT2D eigenvalue weighted by molar-refractivity contribution is -0.234. The van der Waals surface area contributed by atoms with Crippen LogP contribution in [-0.2, 0) is 14.3 Å². The number of esters is 1. The first-order chi connectivity index (χ1) is 6.55. The monoisotopic (exact) mass is 196 g/mol. The van der Waals surface area contributed by atoms with Crippen LogP contribution in [0.5, 0.6) is 0 Å². The molecule has 0 radical (unpaired) electrons. The predicted molar refractivity (Wildman–Crippen MR) is 51.6 cm³/mol. The van der Waals surface area contributed by atoms with Gasteiger partial charge in [-0.25, -0.2) is 4.79 Å². The second kappa shape index (κ2) is 3.09. The third-order valence-electron chi connectivity index (χ3n) is 3.21. The van der Waals surface area contributed by atoms with Crippen LogP contribution in [0.4, 0.5) is 0 Å². The molecule has 3 heteroatoms. The van der Waals surface area contributed by atoms with E-state index in [-0.39, 0.29) is 12.1 Å². The molecule has 3 nitrogen and oxygen atoms in total. The van der Waals surface area contributed by atoms with E-state index in [0.717, 1.165) is 24.8 Å². The van der Waals surface area contributed by atoms with Crippen molar-refractivity contribution in [1.29, 1.82) is 0 Å². The summed E-state index contributed by atoms with van der Waals surface area (Å²) in [7, 11) is 0. The summed E-state index contributed by atoms with van der Waals surface area (Å²) in [5.74, 6) is -0.949. The number of hydrogen-bond acceptors (Lipinski definition) is 3. The largest absolute Gasteiger partial charge is 0.426 e. The van der Waals surface area contributed by atoms with Crippen molar-refractivity contribution < 1.29 is 14.3 Å². The van der Waals surface area contributed by atoms with Crippen molar-refractivity contribution in [3.05, 3.63) is 11.1 Å². The minimum Gasteiger partial charge on any atom is -0.426 e. The third-order valence-corrected chi connectivity index (χ3v) is 3.21. The van der Waals surface area contributed by atoms with Crippen molar-refractivity contribution in [2.24, 2.45) is 0 Å². The highest BCUT2D eigenvalue weighted by atomic mass is 16.7. The van der Waals surface area contributed by atoms with Gasteiger partial charge in [0.25, 0.3) is 0 Å². The molecule has 2 atom stereocenters. The second-order valence-electron chi connectivity index (χ2n) is 4.21. The molecule has 1 spiro atoms. The molecular weight excluding hydrogens is 180 g/mol. The Kier molecular flexibility index (Phi) is 2.14. The Morgan fingerprint density at radius 1 is 1.43 bits per heavy atom. The van der Waals surface area contributed by atoms with Crippen molar-refractivity contribution in [2.75, 3.05) is 0 Å². The summed E-state index contributed by atoms with van der Waals surface area (Å²) >= 11 is 0. The SMILES string of the molecule is CC1=C(C)C2(CCCC(C)O2)OC1=O. The summed E-state index contributed by atoms with van der Waals surface area (Å²) in [5, 5.41) is 0. The first kappa shape index (κ1) is 9.71. The Bertz CT molecular complexity index is 306. The quantitative estimate of drug-likeness (QED) is 0.557. The molecule has 0 aromatic rings. The molecular formula is C11H16O3. The van der Waals surface area contributed by atoms with Crippen molar-refractivity contribution >= 4 is 5.97 Å². The second-order valence-corrected chi connectivity index (χ2v) is 4.21. The van der Waals surface area contributed by atoms with Gasteiger partial charge in [0.2, 0.25) is 5.79 Å². The van der Waals surface area contributed by atoms with E-state index < -0.39 is 5.79 Å². The van der Waals surface area contributed by atoms with Gasteiger partial charge in [-0.15, -0.1) is 0 Å². The number of carbonyl (C=O) groups is 1. The fourth-order valence-electron chi connectivity index (χ4n) is 2.16. The van der Waals surface area contributed by atoms with Crippen LogP contribution < -0.4 is 0 Å². The molecule has 0 saturated carbocycles. The Morgan fingerprint density at radius 3 is 2.64 bits per heavy atom. The lowest BCUT2D eigenvalue weighted by Crippen LogP contribution is -2.41. The Balaban J connectivity index is 2.30. The first-order valence-corrected chi connectivity index (χ1v) is 5.14. The van der Waals surface area contributed by atoms with Crippen molar-refractivity contribution in [3.63, 3.8) is 0 Å². The van der Waals surface area contributed by atoms with Crippen LogP contribution in [0, 0.1) is 0 Å². The van der Waals surface area contributed by atoms with Gasteiger partial charge in [0.1, 0.15) is 0 Å². The average Bonchev–Trinajstić information content (AvgIpc) is 2.31. The van der Waals surface area contributed by atoms with Crippen LogP contribution in [0.1, 0.15) is 40.0 Å². The summed E-state index contributed by atoms with van der Waals surface area (Å²) in [4.78, 5) is 11.4. The van der Waals surface area contributed by atoms with E-state index in [2.05, 4.69) is 0 Å². The summed E-state index contributed by atoms with van der Waals surface area (Å²) in [6.07, 6.45) is 3.08. The summed E-state index contributed by atoms with van der Waals surface area (Å²) in [6, 6.07) is 0. The molecule has 2 aliphatic heterocycles. The molecule has 14 heavy (non-hydrogen) atoms. The number of carbonyl (C=O) groups excluding carboxylic acids is 1. The van der Waals surface area contributed by atoms with E-state index in [1.54, 1.807) is 6.92 Å². The van der Waals surface area contributed by atoms with Gasteiger partial charge in [-0.05, 0) is 33.6 Å². The highest BCUT2D eigenvalue weighted by molar-refractivity contribution is 5.92. The molecule has 0 bridgehead atoms. The van der Waals surface area contributed by atoms with Crippen LogP contribution >= 0.6 is 0 Å². The number of ether oxygens (including phenoxy) is 2. The van der Waals surface area contributed by atoms with Gasteiger partial charge in [0, 0.05) is 17.6 Å². The van der Waals surface area contributed by atoms with E-state index in [4.69, 9.17) is 9.47 Å². The van der Waals surface area contributed by atoms with E-state index >= 15 is 0 Å². The van der Waals surface area contributed by atoms with Crippen molar-refractivity contribution in [1.82, 2.24) is 0 Å². The maximum Gasteiger partial charge on any atom is 0.336 e. The molecule has 0 aromatic heterocycles. The number of rotatable bonds is 0. The van der Waals surface area contributed by atoms with E-state index in [1.165, 1.54) is 0 Å². The van der Waals surface area contributed by atoms with Crippen LogP contribution in [0.25, 0.3) is 0 Å². The highest BCUT2D eigenvalue weighted by Crippen LogP contribution is 2.41. The molecule has 0 amide bonds. The van der Waals surface area contributed by atoms with Gasteiger partial charge in [-0.2, -0.15) is 0 Å². The minimum absolute atomic E-state index is 0.178. The lowest BCUT2D eigenvalue weighted by atomic mass is 9.95. The van der Waals surface area contributed by atoms with Crippen molar-refractivity contribution in [2.45, 2.75) is 51.9 Å². The smallest absolute Gasteiger partial charge is 0.336 e. The molecule has 2 rings (SSSR count). The summed E-state index contributed by atoms with van der Waals surface area (Å²) in [5.41, 5.74) is 1.66. The van der Waals surface area contributed by atoms with Gasteiger partial charge in [0.15, 0.2) is 0 Å². The van der Waals surface area contributed by atoms with Crippen molar-refractivity contribution in [3.8, 4) is 0 Å². The molecule has 2 aliphatic rings. The van der Waals surface area contributed by atoms with E-state index in [1.807, 2.05) is 13.8 Å². The summed E-state index contributed by atoms with van der Waals surface area (Å²) in [6.45, 7) is 5.75. The normalized spacial score (nSPS) is 37.9. The molecule has 2 unspecified atom stereocenters. The van der Waals surface area contributed by atoms with Gasteiger partial charge >= 0.3 is 5.97 Å². The van der Waals surface area contributed by atoms with Gasteiger partial charge in [-0.3, -0.25) is 0 Å². The maximum atomic E-state index is 11.4. The zero-order valence-corrected chi connectivity index (χ0v) is 8.92. The zero-order valence-electron chi connectivity index (χ0n) is 8.92. The van der Waals surface area contributed by atoms with Crippen LogP contribution in [0.15, 0.2) is 11.1 Å². The molecule has 1 saturated heterocycles. The predicted octanol–water partition coefficient (Wildman–Crippen LogP) is 2.16. The number of hydrogen-bond donors (Lipinski definition) is 0. The molecule has 0 N–H and O–H groups in total. The topological polar surface area (TPSA) is 35.5 Å². The molecule has 78 valence electrons. The zero-order chi connectivity index (χ0) is 10.3. The molecule has 0 aliphatic carbocycles. The standard InChI is InChI=1S/C11H16O3/c1-7-5-4-6-11(13-7)9(3)8(2)10(12)14-11/h7H,4-6H2,1-3H3. The third kappa shape index (κ3) is 1.27. The minimum atomic E-state index is -0.723.